The average molecular weight is 475 g/mol. The molecule has 0 aliphatic carbocycles. The summed E-state index contributed by atoms with van der Waals surface area (Å²) in [6, 6.07) is 16.6. The Morgan fingerprint density at radius 1 is 1.00 bits per heavy atom. The quantitative estimate of drug-likeness (QED) is 0.432. The standard InChI is InChI=1S/C24H18Cl2F2N2O2/c25-21-9-6-16(11-22(21)26)23-12-20(32-29-23)14-30(13-15-4-7-18(27)8-5-15)24(31)17-2-1-3-19(28)10-17/h1-11,20H,12-14H2/t20-/m0/s1. The van der Waals surface area contributed by atoms with E-state index in [9.17, 15) is 13.6 Å². The maximum Gasteiger partial charge on any atom is 0.254 e. The van der Waals surface area contributed by atoms with E-state index >= 15 is 0 Å². The molecule has 0 fully saturated rings. The maximum atomic E-state index is 13.7. The van der Waals surface area contributed by atoms with Crippen molar-refractivity contribution in [2.45, 2.75) is 19.1 Å². The fourth-order valence-corrected chi connectivity index (χ4v) is 3.75. The molecule has 1 atom stereocenters. The fraction of sp³-hybridized carbons (Fsp3) is 0.167. The monoisotopic (exact) mass is 474 g/mol. The third-order valence-electron chi connectivity index (χ3n) is 5.06. The van der Waals surface area contributed by atoms with Crippen LogP contribution in [0.25, 0.3) is 0 Å². The maximum absolute atomic E-state index is 13.7. The number of rotatable bonds is 6. The van der Waals surface area contributed by atoms with Gasteiger partial charge in [0.15, 0.2) is 6.10 Å². The first kappa shape index (κ1) is 22.2. The largest absolute Gasteiger partial charge is 0.390 e. The second kappa shape index (κ2) is 9.67. The number of hydrogen-bond acceptors (Lipinski definition) is 3. The van der Waals surface area contributed by atoms with Crippen LogP contribution < -0.4 is 0 Å². The van der Waals surface area contributed by atoms with Gasteiger partial charge in [-0.25, -0.2) is 8.78 Å². The molecule has 3 aromatic rings. The number of carbonyl (C=O) groups is 1. The Bertz CT molecular complexity index is 1170. The molecule has 0 radical (unpaired) electrons. The number of oxime groups is 1. The van der Waals surface area contributed by atoms with Gasteiger partial charge in [0, 0.05) is 24.1 Å². The minimum absolute atomic E-state index is 0.206. The van der Waals surface area contributed by atoms with Crippen LogP contribution in [0.15, 0.2) is 71.9 Å². The minimum Gasteiger partial charge on any atom is -0.390 e. The van der Waals surface area contributed by atoms with Gasteiger partial charge in [0.2, 0.25) is 0 Å². The van der Waals surface area contributed by atoms with E-state index in [0.29, 0.717) is 22.2 Å². The topological polar surface area (TPSA) is 41.9 Å². The van der Waals surface area contributed by atoms with Crippen LogP contribution in [0.4, 0.5) is 8.78 Å². The van der Waals surface area contributed by atoms with Crippen molar-refractivity contribution in [3.05, 3.63) is 105 Å². The lowest BCUT2D eigenvalue weighted by Crippen LogP contribution is -2.37. The molecule has 1 aliphatic heterocycles. The van der Waals surface area contributed by atoms with E-state index in [1.807, 2.05) is 0 Å². The van der Waals surface area contributed by atoms with Gasteiger partial charge in [-0.2, -0.15) is 0 Å². The highest BCUT2D eigenvalue weighted by atomic mass is 35.5. The zero-order chi connectivity index (χ0) is 22.7. The van der Waals surface area contributed by atoms with E-state index < -0.39 is 11.9 Å². The van der Waals surface area contributed by atoms with Gasteiger partial charge < -0.3 is 9.74 Å². The molecule has 0 bridgehead atoms. The number of carbonyl (C=O) groups excluding carboxylic acids is 1. The number of nitrogens with zero attached hydrogens (tertiary/aromatic N) is 2. The Hall–Kier alpha value is -2.96. The minimum atomic E-state index is -0.500. The Balaban J connectivity index is 1.51. The molecule has 1 amide bonds. The van der Waals surface area contributed by atoms with E-state index in [1.165, 1.54) is 30.3 Å². The lowest BCUT2D eigenvalue weighted by molar-refractivity contribution is 0.0405. The molecule has 1 aliphatic rings. The number of amides is 1. The smallest absolute Gasteiger partial charge is 0.254 e. The third kappa shape index (κ3) is 5.26. The van der Waals surface area contributed by atoms with Crippen LogP contribution in [0.5, 0.6) is 0 Å². The van der Waals surface area contributed by atoms with Crippen LogP contribution in [0.1, 0.15) is 27.9 Å². The highest BCUT2D eigenvalue weighted by Gasteiger charge is 2.28. The molecule has 4 rings (SSSR count). The molecule has 8 heteroatoms. The van der Waals surface area contributed by atoms with Crippen molar-refractivity contribution in [2.24, 2.45) is 5.16 Å². The molecule has 1 heterocycles. The lowest BCUT2D eigenvalue weighted by atomic mass is 10.0. The molecule has 0 N–H and O–H groups in total. The lowest BCUT2D eigenvalue weighted by Gasteiger charge is -2.25. The van der Waals surface area contributed by atoms with Crippen molar-refractivity contribution >= 4 is 34.8 Å². The second-order valence-corrected chi connectivity index (χ2v) is 8.24. The van der Waals surface area contributed by atoms with Gasteiger partial charge in [-0.05, 0) is 48.0 Å². The predicted molar refractivity (Wildman–Crippen MR) is 120 cm³/mol. The van der Waals surface area contributed by atoms with E-state index in [-0.39, 0.29) is 30.4 Å². The van der Waals surface area contributed by atoms with Crippen molar-refractivity contribution < 1.29 is 18.4 Å². The summed E-state index contributed by atoms with van der Waals surface area (Å²) in [7, 11) is 0. The van der Waals surface area contributed by atoms with Gasteiger partial charge in [-0.3, -0.25) is 4.79 Å². The molecule has 4 nitrogen and oxygen atoms in total. The molecule has 0 saturated heterocycles. The highest BCUT2D eigenvalue weighted by molar-refractivity contribution is 6.42. The Labute approximate surface area is 194 Å². The van der Waals surface area contributed by atoms with Crippen molar-refractivity contribution in [3.63, 3.8) is 0 Å². The third-order valence-corrected chi connectivity index (χ3v) is 5.79. The SMILES string of the molecule is O=C(c1cccc(F)c1)N(Cc1ccc(F)cc1)C[C@@H]1CC(c2ccc(Cl)c(Cl)c2)=NO1. The molecule has 164 valence electrons. The number of halogens is 4. The van der Waals surface area contributed by atoms with E-state index in [4.69, 9.17) is 28.0 Å². The second-order valence-electron chi connectivity index (χ2n) is 7.42. The van der Waals surface area contributed by atoms with Gasteiger partial charge in [-0.15, -0.1) is 0 Å². The molecule has 32 heavy (non-hydrogen) atoms. The summed E-state index contributed by atoms with van der Waals surface area (Å²) in [6.07, 6.45) is 0.0475. The molecule has 0 saturated carbocycles. The van der Waals surface area contributed by atoms with E-state index in [1.54, 1.807) is 41.3 Å². The summed E-state index contributed by atoms with van der Waals surface area (Å²) in [6.45, 7) is 0.415. The number of benzene rings is 3. The van der Waals surface area contributed by atoms with Crippen molar-refractivity contribution in [2.75, 3.05) is 6.54 Å². The molecular formula is C24H18Cl2F2N2O2. The average Bonchev–Trinajstić information content (AvgIpc) is 3.25. The van der Waals surface area contributed by atoms with Crippen LogP contribution in [0, 0.1) is 11.6 Å². The van der Waals surface area contributed by atoms with E-state index in [2.05, 4.69) is 5.16 Å². The first-order chi connectivity index (χ1) is 15.4. The first-order valence-corrected chi connectivity index (χ1v) is 10.6. The van der Waals surface area contributed by atoms with E-state index in [0.717, 1.165) is 11.1 Å². The normalized spacial score (nSPS) is 15.2. The first-order valence-electron chi connectivity index (χ1n) is 9.86. The number of hydrogen-bond donors (Lipinski definition) is 0. The van der Waals surface area contributed by atoms with Crippen LogP contribution in [-0.4, -0.2) is 29.2 Å². The molecule has 0 unspecified atom stereocenters. The zero-order valence-corrected chi connectivity index (χ0v) is 18.3. The summed E-state index contributed by atoms with van der Waals surface area (Å²) in [5.41, 5.74) is 2.42. The van der Waals surface area contributed by atoms with Crippen LogP contribution in [-0.2, 0) is 11.4 Å². The van der Waals surface area contributed by atoms with Gasteiger partial charge in [0.25, 0.3) is 5.91 Å². The summed E-state index contributed by atoms with van der Waals surface area (Å²) < 4.78 is 27.0. The summed E-state index contributed by atoms with van der Waals surface area (Å²) in [4.78, 5) is 20.3. The van der Waals surface area contributed by atoms with Gasteiger partial charge in [0.05, 0.1) is 22.3 Å². The fourth-order valence-electron chi connectivity index (χ4n) is 3.45. The molecule has 0 spiro atoms. The Morgan fingerprint density at radius 2 is 1.78 bits per heavy atom. The van der Waals surface area contributed by atoms with Crippen molar-refractivity contribution in [1.29, 1.82) is 0 Å². The van der Waals surface area contributed by atoms with Crippen LogP contribution >= 0.6 is 23.2 Å². The van der Waals surface area contributed by atoms with Gasteiger partial charge in [0.1, 0.15) is 11.6 Å². The van der Waals surface area contributed by atoms with Gasteiger partial charge >= 0.3 is 0 Å². The zero-order valence-electron chi connectivity index (χ0n) is 16.8. The summed E-state index contributed by atoms with van der Waals surface area (Å²) in [5, 5.41) is 5.00. The Morgan fingerprint density at radius 3 is 2.50 bits per heavy atom. The Kier molecular flexibility index (Phi) is 6.72. The summed E-state index contributed by atoms with van der Waals surface area (Å²) >= 11 is 12.1. The van der Waals surface area contributed by atoms with Crippen molar-refractivity contribution in [3.8, 4) is 0 Å². The molecular weight excluding hydrogens is 457 g/mol. The van der Waals surface area contributed by atoms with Crippen LogP contribution in [0.3, 0.4) is 0 Å². The molecule has 3 aromatic carbocycles. The summed E-state index contributed by atoms with van der Waals surface area (Å²) in [5.74, 6) is -1.23. The van der Waals surface area contributed by atoms with Crippen LogP contribution in [0.2, 0.25) is 10.0 Å². The van der Waals surface area contributed by atoms with Gasteiger partial charge in [-0.1, -0.05) is 52.6 Å². The van der Waals surface area contributed by atoms with Crippen molar-refractivity contribution in [1.82, 2.24) is 4.90 Å². The highest BCUT2D eigenvalue weighted by Crippen LogP contribution is 2.26. The molecule has 0 aromatic heterocycles. The predicted octanol–water partition coefficient (Wildman–Crippen LogP) is 6.11.